The largest absolute Gasteiger partial charge is 0.327 e. The van der Waals surface area contributed by atoms with Gasteiger partial charge in [-0.05, 0) is 24.1 Å². The highest BCUT2D eigenvalue weighted by atomic mass is 16.1. The normalized spacial score (nSPS) is 12.3. The fraction of sp³-hybridized carbons (Fsp3) is 0.250. The van der Waals surface area contributed by atoms with Crippen LogP contribution in [0.5, 0.6) is 0 Å². The first-order chi connectivity index (χ1) is 7.17. The molecular weight excluding hydrogens is 188 g/mol. The topological polar surface area (TPSA) is 55.1 Å². The van der Waals surface area contributed by atoms with E-state index in [9.17, 15) is 4.79 Å². The van der Waals surface area contributed by atoms with Crippen LogP contribution in [-0.4, -0.2) is 12.5 Å². The van der Waals surface area contributed by atoms with Gasteiger partial charge in [-0.15, -0.1) is 6.58 Å². The van der Waals surface area contributed by atoms with Gasteiger partial charge in [-0.2, -0.15) is 0 Å². The van der Waals surface area contributed by atoms with Gasteiger partial charge in [0.2, 0.25) is 5.91 Å². The third kappa shape index (κ3) is 3.22. The summed E-state index contributed by atoms with van der Waals surface area (Å²) in [6, 6.07) is 6.03. The minimum atomic E-state index is 0.102. The predicted molar refractivity (Wildman–Crippen MR) is 62.8 cm³/mol. The van der Waals surface area contributed by atoms with Gasteiger partial charge in [0.15, 0.2) is 0 Å². The summed E-state index contributed by atoms with van der Waals surface area (Å²) in [5, 5.41) is 2.80. The molecule has 0 atom stereocenters. The molecule has 15 heavy (non-hydrogen) atoms. The molecule has 0 radical (unpaired) electrons. The highest BCUT2D eigenvalue weighted by Gasteiger charge is 2.16. The van der Waals surface area contributed by atoms with Crippen LogP contribution < -0.4 is 11.1 Å². The Hall–Kier alpha value is -1.61. The van der Waals surface area contributed by atoms with Crippen molar-refractivity contribution in [2.45, 2.75) is 13.3 Å². The van der Waals surface area contributed by atoms with E-state index < -0.39 is 0 Å². The van der Waals surface area contributed by atoms with Crippen molar-refractivity contribution < 1.29 is 4.79 Å². The number of hydrogen-bond donors (Lipinski definition) is 2. The molecular formula is C12H16N2O. The minimum Gasteiger partial charge on any atom is -0.327 e. The van der Waals surface area contributed by atoms with Gasteiger partial charge in [0.25, 0.3) is 0 Å². The zero-order valence-electron chi connectivity index (χ0n) is 8.92. The van der Waals surface area contributed by atoms with E-state index in [0.717, 1.165) is 11.3 Å². The van der Waals surface area contributed by atoms with Crippen molar-refractivity contribution >= 4 is 11.6 Å². The van der Waals surface area contributed by atoms with Crippen molar-refractivity contribution in [1.82, 2.24) is 0 Å². The van der Waals surface area contributed by atoms with Crippen LogP contribution in [0.15, 0.2) is 30.9 Å². The summed E-state index contributed by atoms with van der Waals surface area (Å²) < 4.78 is 0. The van der Waals surface area contributed by atoms with Gasteiger partial charge >= 0.3 is 0 Å². The molecule has 80 valence electrons. The number of aryl methyl sites for hydroxylation is 1. The van der Waals surface area contributed by atoms with Gasteiger partial charge in [-0.1, -0.05) is 18.2 Å². The van der Waals surface area contributed by atoms with E-state index in [1.807, 2.05) is 25.1 Å². The lowest BCUT2D eigenvalue weighted by atomic mass is 10.1. The van der Waals surface area contributed by atoms with Crippen LogP contribution in [-0.2, 0) is 11.2 Å². The van der Waals surface area contributed by atoms with Gasteiger partial charge in [0.05, 0.1) is 6.42 Å². The van der Waals surface area contributed by atoms with E-state index in [2.05, 4.69) is 11.9 Å². The lowest BCUT2D eigenvalue weighted by molar-refractivity contribution is -0.115. The summed E-state index contributed by atoms with van der Waals surface area (Å²) in [5.41, 5.74) is 8.19. The number of benzene rings is 1. The Morgan fingerprint density at radius 3 is 2.87 bits per heavy atom. The number of nitrogens with two attached hydrogens (primary N) is 1. The molecule has 1 aliphatic heterocycles. The van der Waals surface area contributed by atoms with Gasteiger partial charge in [0, 0.05) is 12.2 Å². The Morgan fingerprint density at radius 1 is 1.60 bits per heavy atom. The molecule has 3 N–H and O–H groups in total. The standard InChI is InChI=1S/C9H9NO.C3H7N/c1-6-2-3-7-5-9(11)10-8(7)4-6;1-2-3-4/h2-4H,5H2,1H3,(H,10,11);2H,1,3-4H2. The number of amides is 1. The summed E-state index contributed by atoms with van der Waals surface area (Å²) in [6.07, 6.45) is 2.19. The Kier molecular flexibility index (Phi) is 4.06. The average Bonchev–Trinajstić information content (AvgIpc) is 2.58. The maximum Gasteiger partial charge on any atom is 0.228 e. The van der Waals surface area contributed by atoms with Crippen LogP contribution in [0.1, 0.15) is 11.1 Å². The minimum absolute atomic E-state index is 0.102. The molecule has 1 aliphatic rings. The van der Waals surface area contributed by atoms with E-state index in [1.54, 1.807) is 6.08 Å². The van der Waals surface area contributed by atoms with Gasteiger partial charge in [-0.3, -0.25) is 4.79 Å². The van der Waals surface area contributed by atoms with Crippen LogP contribution in [0, 0.1) is 6.92 Å². The van der Waals surface area contributed by atoms with Gasteiger partial charge in [-0.25, -0.2) is 0 Å². The number of fused-ring (bicyclic) bond motifs is 1. The van der Waals surface area contributed by atoms with Crippen LogP contribution in [0.4, 0.5) is 5.69 Å². The zero-order chi connectivity index (χ0) is 11.3. The van der Waals surface area contributed by atoms with Crippen molar-refractivity contribution in [1.29, 1.82) is 0 Å². The number of carbonyl (C=O) groups is 1. The monoisotopic (exact) mass is 204 g/mol. The van der Waals surface area contributed by atoms with E-state index in [0.29, 0.717) is 13.0 Å². The van der Waals surface area contributed by atoms with Crippen molar-refractivity contribution in [3.05, 3.63) is 42.0 Å². The highest BCUT2D eigenvalue weighted by Crippen LogP contribution is 2.23. The maximum absolute atomic E-state index is 10.9. The number of hydrogen-bond acceptors (Lipinski definition) is 2. The molecule has 0 unspecified atom stereocenters. The number of carbonyl (C=O) groups excluding carboxylic acids is 1. The second-order valence-corrected chi connectivity index (χ2v) is 3.41. The quantitative estimate of drug-likeness (QED) is 0.683. The summed E-state index contributed by atoms with van der Waals surface area (Å²) in [4.78, 5) is 10.9. The third-order valence-electron chi connectivity index (χ3n) is 2.06. The Labute approximate surface area is 90.0 Å². The molecule has 3 nitrogen and oxygen atoms in total. The van der Waals surface area contributed by atoms with Crippen LogP contribution in [0.25, 0.3) is 0 Å². The van der Waals surface area contributed by atoms with Crippen molar-refractivity contribution in [3.63, 3.8) is 0 Å². The van der Waals surface area contributed by atoms with Crippen LogP contribution >= 0.6 is 0 Å². The number of rotatable bonds is 1. The molecule has 1 amide bonds. The first-order valence-electron chi connectivity index (χ1n) is 4.87. The predicted octanol–water partition coefficient (Wildman–Crippen LogP) is 1.62. The Bertz CT molecular complexity index is 372. The SMILES string of the molecule is C=CCN.Cc1ccc2c(c1)NC(=O)C2. The summed E-state index contributed by atoms with van der Waals surface area (Å²) in [6.45, 7) is 5.96. The molecule has 1 aromatic carbocycles. The van der Waals surface area contributed by atoms with Gasteiger partial charge in [0.1, 0.15) is 0 Å². The van der Waals surface area contributed by atoms with Crippen molar-refractivity contribution in [2.24, 2.45) is 5.73 Å². The Balaban J connectivity index is 0.000000245. The lowest BCUT2D eigenvalue weighted by Gasteiger charge is -1.97. The zero-order valence-corrected chi connectivity index (χ0v) is 8.92. The Morgan fingerprint density at radius 2 is 2.27 bits per heavy atom. The molecule has 0 saturated carbocycles. The lowest BCUT2D eigenvalue weighted by Crippen LogP contribution is -2.03. The number of nitrogens with one attached hydrogen (secondary N) is 1. The molecule has 0 fully saturated rings. The molecule has 0 bridgehead atoms. The molecule has 1 heterocycles. The average molecular weight is 204 g/mol. The molecule has 0 aliphatic carbocycles. The smallest absolute Gasteiger partial charge is 0.228 e. The molecule has 1 aromatic rings. The maximum atomic E-state index is 10.9. The first-order valence-corrected chi connectivity index (χ1v) is 4.87. The van der Waals surface area contributed by atoms with Crippen molar-refractivity contribution in [3.8, 4) is 0 Å². The third-order valence-corrected chi connectivity index (χ3v) is 2.06. The molecule has 0 spiro atoms. The summed E-state index contributed by atoms with van der Waals surface area (Å²) in [7, 11) is 0. The van der Waals surface area contributed by atoms with E-state index in [1.165, 1.54) is 5.56 Å². The van der Waals surface area contributed by atoms with E-state index >= 15 is 0 Å². The fourth-order valence-electron chi connectivity index (χ4n) is 1.33. The van der Waals surface area contributed by atoms with E-state index in [4.69, 9.17) is 5.73 Å². The fourth-order valence-corrected chi connectivity index (χ4v) is 1.33. The molecule has 3 heteroatoms. The van der Waals surface area contributed by atoms with E-state index in [-0.39, 0.29) is 5.91 Å². The summed E-state index contributed by atoms with van der Waals surface area (Å²) >= 11 is 0. The second-order valence-electron chi connectivity index (χ2n) is 3.41. The van der Waals surface area contributed by atoms with Gasteiger partial charge < -0.3 is 11.1 Å². The van der Waals surface area contributed by atoms with Crippen molar-refractivity contribution in [2.75, 3.05) is 11.9 Å². The van der Waals surface area contributed by atoms with Crippen LogP contribution in [0.3, 0.4) is 0 Å². The first kappa shape index (κ1) is 11.5. The summed E-state index contributed by atoms with van der Waals surface area (Å²) in [5.74, 6) is 0.102. The molecule has 0 aromatic heterocycles. The highest BCUT2D eigenvalue weighted by molar-refractivity contribution is 5.99. The number of anilines is 1. The second kappa shape index (κ2) is 5.32. The molecule has 0 saturated heterocycles. The van der Waals surface area contributed by atoms with Crippen LogP contribution in [0.2, 0.25) is 0 Å². The molecule has 2 rings (SSSR count).